The molecule has 1 aliphatic rings. The molecular formula is C17H25N3O4. The van der Waals surface area contributed by atoms with Gasteiger partial charge in [0.15, 0.2) is 0 Å². The van der Waals surface area contributed by atoms with Crippen LogP contribution >= 0.6 is 0 Å². The number of rotatable bonds is 6. The first kappa shape index (κ1) is 18.4. The van der Waals surface area contributed by atoms with Gasteiger partial charge in [-0.15, -0.1) is 0 Å². The molecule has 1 heterocycles. The predicted octanol–water partition coefficient (Wildman–Crippen LogP) is 2.47. The summed E-state index contributed by atoms with van der Waals surface area (Å²) < 4.78 is 0. The largest absolute Gasteiger partial charge is 0.392 e. The number of anilines is 1. The number of nitrogens with zero attached hydrogens (tertiary/aromatic N) is 2. The van der Waals surface area contributed by atoms with Gasteiger partial charge in [-0.3, -0.25) is 19.8 Å². The zero-order valence-corrected chi connectivity index (χ0v) is 14.2. The molecule has 0 saturated carbocycles. The number of carbonyl (C=O) groups is 1. The second kappa shape index (κ2) is 8.21. The first-order valence-corrected chi connectivity index (χ1v) is 8.39. The molecule has 0 spiro atoms. The van der Waals surface area contributed by atoms with Crippen LogP contribution in [0.25, 0.3) is 0 Å². The zero-order chi connectivity index (χ0) is 17.7. The number of non-ortho nitro benzene ring substituents is 1. The Hall–Kier alpha value is -1.99. The van der Waals surface area contributed by atoms with Crippen LogP contribution in [0.5, 0.6) is 0 Å². The molecule has 0 aromatic heterocycles. The van der Waals surface area contributed by atoms with Crippen molar-refractivity contribution in [1.29, 1.82) is 0 Å². The summed E-state index contributed by atoms with van der Waals surface area (Å²) in [5, 5.41) is 23.7. The number of carbonyl (C=O) groups excluding carboxylic acids is 1. The fourth-order valence-electron chi connectivity index (χ4n) is 3.20. The number of nitro groups is 1. The number of benzene rings is 1. The van der Waals surface area contributed by atoms with Gasteiger partial charge in [0.05, 0.1) is 17.6 Å². The molecular weight excluding hydrogens is 310 g/mol. The molecule has 7 nitrogen and oxygen atoms in total. The number of piperidine rings is 1. The summed E-state index contributed by atoms with van der Waals surface area (Å²) in [6.07, 6.45) is 3.25. The molecule has 0 radical (unpaired) electrons. The van der Waals surface area contributed by atoms with Crippen molar-refractivity contribution in [3.8, 4) is 0 Å². The van der Waals surface area contributed by atoms with Crippen molar-refractivity contribution in [3.63, 3.8) is 0 Å². The highest BCUT2D eigenvalue weighted by Gasteiger charge is 2.29. The van der Waals surface area contributed by atoms with Crippen molar-refractivity contribution in [2.24, 2.45) is 0 Å². The Kier molecular flexibility index (Phi) is 6.28. The number of hydrogen-bond donors (Lipinski definition) is 2. The Bertz CT molecular complexity index is 605. The van der Waals surface area contributed by atoms with Gasteiger partial charge in [0.1, 0.15) is 0 Å². The van der Waals surface area contributed by atoms with Gasteiger partial charge in [-0.1, -0.05) is 13.3 Å². The van der Waals surface area contributed by atoms with Crippen molar-refractivity contribution < 1.29 is 14.8 Å². The maximum Gasteiger partial charge on any atom is 0.269 e. The van der Waals surface area contributed by atoms with Crippen LogP contribution in [0.3, 0.4) is 0 Å². The smallest absolute Gasteiger partial charge is 0.269 e. The van der Waals surface area contributed by atoms with Crippen LogP contribution in [0.1, 0.15) is 38.2 Å². The summed E-state index contributed by atoms with van der Waals surface area (Å²) in [4.78, 5) is 24.7. The van der Waals surface area contributed by atoms with E-state index in [0.717, 1.165) is 25.8 Å². The van der Waals surface area contributed by atoms with Crippen molar-refractivity contribution in [2.75, 3.05) is 18.4 Å². The Morgan fingerprint density at radius 3 is 2.88 bits per heavy atom. The predicted molar refractivity (Wildman–Crippen MR) is 92.0 cm³/mol. The van der Waals surface area contributed by atoms with Crippen LogP contribution in [0.15, 0.2) is 18.2 Å². The fraction of sp³-hybridized carbons (Fsp3) is 0.588. The molecule has 2 unspecified atom stereocenters. The SMILES string of the molecule is CCC(O)C1CCCCN1CC(=O)Nc1ccc([N+](=O)[O-])cc1C. The molecule has 1 saturated heterocycles. The second-order valence-electron chi connectivity index (χ2n) is 6.31. The van der Waals surface area contributed by atoms with Gasteiger partial charge in [-0.05, 0) is 44.4 Å². The Balaban J connectivity index is 2.00. The van der Waals surface area contributed by atoms with E-state index in [4.69, 9.17) is 0 Å². The van der Waals surface area contributed by atoms with Crippen LogP contribution in [0, 0.1) is 17.0 Å². The number of likely N-dealkylation sites (tertiary alicyclic amines) is 1. The van der Waals surface area contributed by atoms with Gasteiger partial charge in [-0.25, -0.2) is 0 Å². The molecule has 1 aromatic carbocycles. The third-order valence-corrected chi connectivity index (χ3v) is 4.57. The van der Waals surface area contributed by atoms with Gasteiger partial charge in [0, 0.05) is 23.9 Å². The van der Waals surface area contributed by atoms with E-state index in [1.54, 1.807) is 13.0 Å². The number of nitrogens with one attached hydrogen (secondary N) is 1. The van der Waals surface area contributed by atoms with E-state index in [9.17, 15) is 20.0 Å². The van der Waals surface area contributed by atoms with E-state index in [1.807, 2.05) is 11.8 Å². The standard InChI is InChI=1S/C17H25N3O4/c1-3-16(21)15-6-4-5-9-19(15)11-17(22)18-14-8-7-13(20(23)24)10-12(14)2/h7-8,10,15-16,21H,3-6,9,11H2,1-2H3,(H,18,22). The lowest BCUT2D eigenvalue weighted by atomic mass is 9.96. The average molecular weight is 335 g/mol. The molecule has 0 aliphatic carbocycles. The summed E-state index contributed by atoms with van der Waals surface area (Å²) in [7, 11) is 0. The third kappa shape index (κ3) is 4.52. The monoisotopic (exact) mass is 335 g/mol. The van der Waals surface area contributed by atoms with Crippen LogP contribution in [-0.4, -0.2) is 46.1 Å². The molecule has 132 valence electrons. The van der Waals surface area contributed by atoms with E-state index >= 15 is 0 Å². The molecule has 24 heavy (non-hydrogen) atoms. The highest BCUT2D eigenvalue weighted by atomic mass is 16.6. The minimum atomic E-state index is -0.455. The molecule has 2 atom stereocenters. The number of hydrogen-bond acceptors (Lipinski definition) is 5. The summed E-state index contributed by atoms with van der Waals surface area (Å²) >= 11 is 0. The summed E-state index contributed by atoms with van der Waals surface area (Å²) in [5.41, 5.74) is 1.24. The first-order chi connectivity index (χ1) is 11.4. The van der Waals surface area contributed by atoms with Crippen molar-refractivity contribution in [1.82, 2.24) is 4.90 Å². The number of aliphatic hydroxyl groups excluding tert-OH is 1. The minimum absolute atomic E-state index is 0.00709. The normalized spacial score (nSPS) is 19.7. The summed E-state index contributed by atoms with van der Waals surface area (Å²) in [6, 6.07) is 4.40. The Labute approximate surface area is 141 Å². The third-order valence-electron chi connectivity index (χ3n) is 4.57. The number of amides is 1. The first-order valence-electron chi connectivity index (χ1n) is 8.39. The molecule has 1 aliphatic heterocycles. The Morgan fingerprint density at radius 2 is 2.25 bits per heavy atom. The molecule has 7 heteroatoms. The molecule has 2 rings (SSSR count). The molecule has 0 bridgehead atoms. The molecule has 1 amide bonds. The number of aliphatic hydroxyl groups is 1. The molecule has 1 fully saturated rings. The maximum atomic E-state index is 12.3. The van der Waals surface area contributed by atoms with Gasteiger partial charge in [-0.2, -0.15) is 0 Å². The lowest BCUT2D eigenvalue weighted by Gasteiger charge is -2.37. The highest BCUT2D eigenvalue weighted by molar-refractivity contribution is 5.93. The van der Waals surface area contributed by atoms with Gasteiger partial charge in [0.2, 0.25) is 5.91 Å². The molecule has 1 aromatic rings. The fourth-order valence-corrected chi connectivity index (χ4v) is 3.20. The Morgan fingerprint density at radius 1 is 1.50 bits per heavy atom. The lowest BCUT2D eigenvalue weighted by molar-refractivity contribution is -0.384. The highest BCUT2D eigenvalue weighted by Crippen LogP contribution is 2.23. The topological polar surface area (TPSA) is 95.7 Å². The van der Waals surface area contributed by atoms with E-state index < -0.39 is 11.0 Å². The summed E-state index contributed by atoms with van der Waals surface area (Å²) in [6.45, 7) is 4.69. The minimum Gasteiger partial charge on any atom is -0.392 e. The van der Waals surface area contributed by atoms with E-state index in [0.29, 0.717) is 17.7 Å². The van der Waals surface area contributed by atoms with E-state index in [-0.39, 0.29) is 24.2 Å². The van der Waals surface area contributed by atoms with Crippen molar-refractivity contribution >= 4 is 17.3 Å². The van der Waals surface area contributed by atoms with Crippen molar-refractivity contribution in [3.05, 3.63) is 33.9 Å². The van der Waals surface area contributed by atoms with Crippen LogP contribution in [0.2, 0.25) is 0 Å². The number of aryl methyl sites for hydroxylation is 1. The van der Waals surface area contributed by atoms with Crippen LogP contribution in [-0.2, 0) is 4.79 Å². The zero-order valence-electron chi connectivity index (χ0n) is 14.2. The lowest BCUT2D eigenvalue weighted by Crippen LogP contribution is -2.49. The van der Waals surface area contributed by atoms with E-state index in [1.165, 1.54) is 12.1 Å². The van der Waals surface area contributed by atoms with Gasteiger partial charge in [0.25, 0.3) is 5.69 Å². The second-order valence-corrected chi connectivity index (χ2v) is 6.31. The summed E-state index contributed by atoms with van der Waals surface area (Å²) in [5.74, 6) is -0.165. The van der Waals surface area contributed by atoms with Crippen molar-refractivity contribution in [2.45, 2.75) is 51.7 Å². The molecule has 2 N–H and O–H groups in total. The quantitative estimate of drug-likeness (QED) is 0.615. The van der Waals surface area contributed by atoms with Gasteiger partial charge < -0.3 is 10.4 Å². The van der Waals surface area contributed by atoms with E-state index in [2.05, 4.69) is 5.32 Å². The maximum absolute atomic E-state index is 12.3. The van der Waals surface area contributed by atoms with Gasteiger partial charge >= 0.3 is 0 Å². The van der Waals surface area contributed by atoms with Crippen LogP contribution in [0.4, 0.5) is 11.4 Å². The van der Waals surface area contributed by atoms with Crippen LogP contribution < -0.4 is 5.32 Å². The number of nitro benzene ring substituents is 1. The average Bonchev–Trinajstić information content (AvgIpc) is 2.56.